The van der Waals surface area contributed by atoms with Gasteiger partial charge in [0, 0.05) is 19.1 Å². The molecule has 2 aromatic heterocycles. The summed E-state index contributed by atoms with van der Waals surface area (Å²) in [7, 11) is 0. The molecule has 1 aliphatic rings. The lowest BCUT2D eigenvalue weighted by atomic mass is 10.1. The average Bonchev–Trinajstić information content (AvgIpc) is 2.85. The van der Waals surface area contributed by atoms with Crippen molar-refractivity contribution in [2.75, 3.05) is 18.0 Å². The van der Waals surface area contributed by atoms with Gasteiger partial charge in [-0.1, -0.05) is 6.92 Å². The van der Waals surface area contributed by atoms with Gasteiger partial charge in [-0.3, -0.25) is 0 Å². The smallest absolute Gasteiger partial charge is 0.150 e. The van der Waals surface area contributed by atoms with Gasteiger partial charge in [-0.15, -0.1) is 11.3 Å². The van der Waals surface area contributed by atoms with Crippen LogP contribution in [-0.4, -0.2) is 29.1 Å². The van der Waals surface area contributed by atoms with E-state index in [4.69, 9.17) is 5.73 Å². The van der Waals surface area contributed by atoms with Crippen LogP contribution in [0, 0.1) is 5.92 Å². The van der Waals surface area contributed by atoms with Crippen molar-refractivity contribution in [1.82, 2.24) is 9.97 Å². The highest BCUT2D eigenvalue weighted by Gasteiger charge is 2.28. The first kappa shape index (κ1) is 9.99. The molecule has 0 radical (unpaired) electrons. The van der Waals surface area contributed by atoms with E-state index in [0.29, 0.717) is 5.92 Å². The second kappa shape index (κ2) is 3.68. The van der Waals surface area contributed by atoms with Crippen molar-refractivity contribution in [3.63, 3.8) is 0 Å². The zero-order chi connectivity index (χ0) is 11.1. The van der Waals surface area contributed by atoms with Gasteiger partial charge in [-0.2, -0.15) is 0 Å². The number of thiophene rings is 1. The molecular formula is C11H14N4S. The monoisotopic (exact) mass is 234 g/mol. The Morgan fingerprint density at radius 1 is 1.44 bits per heavy atom. The van der Waals surface area contributed by atoms with E-state index in [0.717, 1.165) is 24.4 Å². The minimum atomic E-state index is 0.255. The number of anilines is 1. The van der Waals surface area contributed by atoms with Gasteiger partial charge in [-0.05, 0) is 17.4 Å². The van der Waals surface area contributed by atoms with E-state index in [1.54, 1.807) is 17.7 Å². The lowest BCUT2D eigenvalue weighted by Gasteiger charge is -2.16. The Bertz CT molecular complexity index is 499. The molecule has 0 amide bonds. The van der Waals surface area contributed by atoms with E-state index >= 15 is 0 Å². The lowest BCUT2D eigenvalue weighted by molar-refractivity contribution is 0.566. The fourth-order valence-electron chi connectivity index (χ4n) is 2.17. The molecule has 1 aliphatic heterocycles. The van der Waals surface area contributed by atoms with Crippen LogP contribution in [0.15, 0.2) is 17.8 Å². The van der Waals surface area contributed by atoms with Crippen molar-refractivity contribution in [3.05, 3.63) is 17.8 Å². The van der Waals surface area contributed by atoms with E-state index in [1.165, 1.54) is 4.70 Å². The molecule has 1 saturated heterocycles. The van der Waals surface area contributed by atoms with Crippen LogP contribution < -0.4 is 10.6 Å². The summed E-state index contributed by atoms with van der Waals surface area (Å²) in [6.07, 6.45) is 1.64. The van der Waals surface area contributed by atoms with Crippen molar-refractivity contribution in [3.8, 4) is 0 Å². The van der Waals surface area contributed by atoms with Crippen LogP contribution in [0.25, 0.3) is 10.2 Å². The average molecular weight is 234 g/mol. The first-order valence-corrected chi connectivity index (χ1v) is 6.32. The van der Waals surface area contributed by atoms with Crippen LogP contribution in [0.5, 0.6) is 0 Å². The summed E-state index contributed by atoms with van der Waals surface area (Å²) in [5.74, 6) is 1.57. The first-order valence-electron chi connectivity index (χ1n) is 5.44. The van der Waals surface area contributed by atoms with Gasteiger partial charge in [0.1, 0.15) is 12.1 Å². The van der Waals surface area contributed by atoms with Crippen molar-refractivity contribution >= 4 is 27.4 Å². The highest BCUT2D eigenvalue weighted by Crippen LogP contribution is 2.30. The van der Waals surface area contributed by atoms with E-state index in [1.807, 2.05) is 6.07 Å². The summed E-state index contributed by atoms with van der Waals surface area (Å²) in [5, 5.41) is 2.06. The van der Waals surface area contributed by atoms with Gasteiger partial charge in [0.2, 0.25) is 0 Å². The van der Waals surface area contributed by atoms with Crippen LogP contribution in [0.2, 0.25) is 0 Å². The highest BCUT2D eigenvalue weighted by molar-refractivity contribution is 7.17. The Morgan fingerprint density at radius 3 is 3.06 bits per heavy atom. The van der Waals surface area contributed by atoms with E-state index in [9.17, 15) is 0 Å². The lowest BCUT2D eigenvalue weighted by Crippen LogP contribution is -2.28. The molecule has 2 atom stereocenters. The molecule has 84 valence electrons. The molecule has 3 rings (SSSR count). The van der Waals surface area contributed by atoms with Crippen LogP contribution in [-0.2, 0) is 0 Å². The number of hydrogen-bond donors (Lipinski definition) is 1. The molecular weight excluding hydrogens is 220 g/mol. The van der Waals surface area contributed by atoms with Crippen molar-refractivity contribution in [1.29, 1.82) is 0 Å². The van der Waals surface area contributed by atoms with E-state index in [2.05, 4.69) is 27.2 Å². The quantitative estimate of drug-likeness (QED) is 0.812. The molecule has 2 unspecified atom stereocenters. The Kier molecular flexibility index (Phi) is 2.29. The predicted octanol–water partition coefficient (Wildman–Crippen LogP) is 1.47. The SMILES string of the molecule is CC1CN(c2ncnc3ccsc23)CC1N. The predicted molar refractivity (Wildman–Crippen MR) is 66.8 cm³/mol. The summed E-state index contributed by atoms with van der Waals surface area (Å²) in [5.41, 5.74) is 7.07. The van der Waals surface area contributed by atoms with E-state index in [-0.39, 0.29) is 6.04 Å². The zero-order valence-corrected chi connectivity index (χ0v) is 9.94. The van der Waals surface area contributed by atoms with Crippen LogP contribution in [0.4, 0.5) is 5.82 Å². The number of rotatable bonds is 1. The summed E-state index contributed by atoms with van der Waals surface area (Å²) in [6, 6.07) is 2.29. The molecule has 0 bridgehead atoms. The Morgan fingerprint density at radius 2 is 2.31 bits per heavy atom. The van der Waals surface area contributed by atoms with Crippen LogP contribution in [0.1, 0.15) is 6.92 Å². The fourth-order valence-corrected chi connectivity index (χ4v) is 3.03. The third kappa shape index (κ3) is 1.47. The molecule has 0 aliphatic carbocycles. The third-order valence-corrected chi connectivity index (χ3v) is 4.09. The summed E-state index contributed by atoms with van der Waals surface area (Å²) in [4.78, 5) is 10.9. The highest BCUT2D eigenvalue weighted by atomic mass is 32.1. The van der Waals surface area contributed by atoms with Gasteiger partial charge in [0.25, 0.3) is 0 Å². The summed E-state index contributed by atoms with van der Waals surface area (Å²) < 4.78 is 1.17. The maximum absolute atomic E-state index is 6.04. The van der Waals surface area contributed by atoms with Crippen molar-refractivity contribution in [2.45, 2.75) is 13.0 Å². The third-order valence-electron chi connectivity index (χ3n) is 3.19. The van der Waals surface area contributed by atoms with Gasteiger partial charge in [0.05, 0.1) is 10.2 Å². The largest absolute Gasteiger partial charge is 0.353 e. The number of hydrogen-bond acceptors (Lipinski definition) is 5. The zero-order valence-electron chi connectivity index (χ0n) is 9.13. The Labute approximate surface area is 98.1 Å². The maximum atomic E-state index is 6.04. The number of fused-ring (bicyclic) bond motifs is 1. The molecule has 3 heterocycles. The standard InChI is InChI=1S/C11H14N4S/c1-7-4-15(5-8(7)12)11-10-9(2-3-16-10)13-6-14-11/h2-3,6-8H,4-5,12H2,1H3. The molecule has 5 heteroatoms. The maximum Gasteiger partial charge on any atom is 0.150 e. The van der Waals surface area contributed by atoms with Gasteiger partial charge in [-0.25, -0.2) is 9.97 Å². The second-order valence-electron chi connectivity index (χ2n) is 4.38. The van der Waals surface area contributed by atoms with Crippen molar-refractivity contribution in [2.24, 2.45) is 11.7 Å². The van der Waals surface area contributed by atoms with Crippen LogP contribution >= 0.6 is 11.3 Å². The molecule has 0 saturated carbocycles. The fraction of sp³-hybridized carbons (Fsp3) is 0.455. The normalized spacial score (nSPS) is 25.5. The van der Waals surface area contributed by atoms with Crippen LogP contribution in [0.3, 0.4) is 0 Å². The molecule has 2 N–H and O–H groups in total. The van der Waals surface area contributed by atoms with Gasteiger partial charge in [0.15, 0.2) is 0 Å². The Balaban J connectivity index is 2.03. The molecule has 0 aromatic carbocycles. The topological polar surface area (TPSA) is 55.0 Å². The Hall–Kier alpha value is -1.20. The molecule has 2 aromatic rings. The minimum Gasteiger partial charge on any atom is -0.353 e. The van der Waals surface area contributed by atoms with Crippen molar-refractivity contribution < 1.29 is 0 Å². The summed E-state index contributed by atoms with van der Waals surface area (Å²) >= 11 is 1.70. The second-order valence-corrected chi connectivity index (χ2v) is 5.29. The number of nitrogens with zero attached hydrogens (tertiary/aromatic N) is 3. The summed E-state index contributed by atoms with van der Waals surface area (Å²) in [6.45, 7) is 4.08. The molecule has 16 heavy (non-hydrogen) atoms. The van der Waals surface area contributed by atoms with Gasteiger partial charge >= 0.3 is 0 Å². The molecule has 1 fully saturated rings. The van der Waals surface area contributed by atoms with Gasteiger partial charge < -0.3 is 10.6 Å². The number of aromatic nitrogens is 2. The first-order chi connectivity index (χ1) is 7.75. The minimum absolute atomic E-state index is 0.255. The molecule has 4 nitrogen and oxygen atoms in total. The number of nitrogens with two attached hydrogens (primary N) is 1. The van der Waals surface area contributed by atoms with E-state index < -0.39 is 0 Å². The molecule has 0 spiro atoms.